The Morgan fingerprint density at radius 1 is 0.627 bits per heavy atom. The van der Waals surface area contributed by atoms with Gasteiger partial charge in [-0.25, -0.2) is 0 Å². The van der Waals surface area contributed by atoms with Gasteiger partial charge in [-0.3, -0.25) is 9.11 Å². The SMILES string of the molecule is CCN(Cc1cccc(S(=O)(=O)O)c1)c1ccc(N=Nc2ccc(N=Nc3ccc(-c4ccc(N)cc4)c(S(=O)(=O)O)c3)c3ccccc23)cc1. The van der Waals surface area contributed by atoms with Crippen LogP contribution >= 0.6 is 0 Å². The van der Waals surface area contributed by atoms with E-state index in [1.807, 2.05) is 55.5 Å². The minimum Gasteiger partial charge on any atom is -0.399 e. The number of rotatable bonds is 11. The van der Waals surface area contributed by atoms with E-state index < -0.39 is 20.2 Å². The van der Waals surface area contributed by atoms with Crippen LogP contribution in [0.1, 0.15) is 12.5 Å². The zero-order chi connectivity index (χ0) is 36.2. The third kappa shape index (κ3) is 8.33. The Bertz CT molecular complexity index is 2510. The van der Waals surface area contributed by atoms with Crippen molar-refractivity contribution in [1.82, 2.24) is 0 Å². The van der Waals surface area contributed by atoms with Gasteiger partial charge in [-0.2, -0.15) is 27.1 Å². The number of azo groups is 2. The van der Waals surface area contributed by atoms with Gasteiger partial charge in [0.1, 0.15) is 4.90 Å². The molecule has 0 aliphatic rings. The molecule has 51 heavy (non-hydrogen) atoms. The minimum absolute atomic E-state index is 0.148. The highest BCUT2D eigenvalue weighted by Gasteiger charge is 2.18. The number of hydrogen-bond donors (Lipinski definition) is 3. The van der Waals surface area contributed by atoms with Crippen LogP contribution in [0.25, 0.3) is 21.9 Å². The Balaban J connectivity index is 1.22. The smallest absolute Gasteiger partial charge is 0.295 e. The van der Waals surface area contributed by atoms with E-state index in [4.69, 9.17) is 5.73 Å². The lowest BCUT2D eigenvalue weighted by Crippen LogP contribution is -2.22. The highest BCUT2D eigenvalue weighted by atomic mass is 32.2. The van der Waals surface area contributed by atoms with Gasteiger partial charge < -0.3 is 10.6 Å². The Morgan fingerprint density at radius 2 is 1.24 bits per heavy atom. The number of fused-ring (bicyclic) bond motifs is 1. The zero-order valence-electron chi connectivity index (χ0n) is 27.2. The number of anilines is 2. The summed E-state index contributed by atoms with van der Waals surface area (Å²) >= 11 is 0. The largest absolute Gasteiger partial charge is 0.399 e. The fourth-order valence-electron chi connectivity index (χ4n) is 5.49. The Kier molecular flexibility index (Phi) is 10.0. The molecule has 258 valence electrons. The van der Waals surface area contributed by atoms with Crippen molar-refractivity contribution >= 4 is 65.1 Å². The molecule has 0 bridgehead atoms. The van der Waals surface area contributed by atoms with Crippen LogP contribution < -0.4 is 10.6 Å². The van der Waals surface area contributed by atoms with Gasteiger partial charge in [0.05, 0.1) is 27.6 Å². The second kappa shape index (κ2) is 14.6. The number of nitrogen functional groups attached to an aromatic ring is 1. The van der Waals surface area contributed by atoms with E-state index in [2.05, 4.69) is 25.4 Å². The average Bonchev–Trinajstić information content (AvgIpc) is 3.12. The number of nitrogens with two attached hydrogens (primary N) is 1. The number of nitrogens with zero attached hydrogens (tertiary/aromatic N) is 5. The summed E-state index contributed by atoms with van der Waals surface area (Å²) in [6, 6.07) is 35.7. The second-order valence-corrected chi connectivity index (χ2v) is 14.3. The molecule has 0 aliphatic heterocycles. The first-order valence-electron chi connectivity index (χ1n) is 15.6. The standard InChI is InChI=1S/C37H32N6O6S2/c1-2-43(24-25-6-5-7-31(22-25)50(44,45)46)30-17-14-28(15-18-30)39-41-35-20-21-36(34-9-4-3-8-33(34)35)42-40-29-16-19-32(37(23-29)51(47,48)49)26-10-12-27(38)13-11-26/h3-23H,2,24,38H2,1H3,(H,44,45,46)(H,47,48,49). The first kappa shape index (κ1) is 35.0. The first-order chi connectivity index (χ1) is 24.4. The third-order valence-corrected chi connectivity index (χ3v) is 9.80. The lowest BCUT2D eigenvalue weighted by atomic mass is 10.0. The van der Waals surface area contributed by atoms with Gasteiger partial charge in [-0.1, -0.05) is 54.6 Å². The number of hydrogen-bond acceptors (Lipinski definition) is 10. The Morgan fingerprint density at radius 3 is 1.82 bits per heavy atom. The molecule has 6 aromatic rings. The first-order valence-corrected chi connectivity index (χ1v) is 18.5. The van der Waals surface area contributed by atoms with Gasteiger partial charge in [-0.15, -0.1) is 10.2 Å². The van der Waals surface area contributed by atoms with Crippen LogP contribution in [0.2, 0.25) is 0 Å². The molecule has 4 N–H and O–H groups in total. The van der Waals surface area contributed by atoms with E-state index in [-0.39, 0.29) is 15.5 Å². The van der Waals surface area contributed by atoms with Crippen LogP contribution in [0.4, 0.5) is 34.1 Å². The van der Waals surface area contributed by atoms with E-state index >= 15 is 0 Å². The molecule has 6 rings (SSSR count). The van der Waals surface area contributed by atoms with Crippen LogP contribution in [0.5, 0.6) is 0 Å². The molecule has 0 spiro atoms. The molecule has 6 aromatic carbocycles. The molecule has 12 nitrogen and oxygen atoms in total. The molecule has 0 aromatic heterocycles. The van der Waals surface area contributed by atoms with E-state index in [9.17, 15) is 25.9 Å². The van der Waals surface area contributed by atoms with Crippen LogP contribution in [0.3, 0.4) is 0 Å². The van der Waals surface area contributed by atoms with E-state index in [1.54, 1.807) is 60.7 Å². The van der Waals surface area contributed by atoms with Gasteiger partial charge in [-0.05, 0) is 90.8 Å². The fraction of sp³-hybridized carbons (Fsp3) is 0.0811. The van der Waals surface area contributed by atoms with Crippen molar-refractivity contribution in [3.05, 3.63) is 133 Å². The fourth-order valence-corrected chi connectivity index (χ4v) is 6.78. The summed E-state index contributed by atoms with van der Waals surface area (Å²) in [7, 11) is -8.87. The van der Waals surface area contributed by atoms with Gasteiger partial charge in [0.2, 0.25) is 0 Å². The second-order valence-electron chi connectivity index (χ2n) is 11.5. The maximum Gasteiger partial charge on any atom is 0.295 e. The van der Waals surface area contributed by atoms with Gasteiger partial charge in [0.25, 0.3) is 20.2 Å². The molecule has 0 aliphatic carbocycles. The van der Waals surface area contributed by atoms with Crippen LogP contribution in [0, 0.1) is 0 Å². The molecular formula is C37H32N6O6S2. The summed E-state index contributed by atoms with van der Waals surface area (Å²) in [6.45, 7) is 3.08. The molecule has 0 heterocycles. The topological polar surface area (TPSA) is 187 Å². The quantitative estimate of drug-likeness (QED) is 0.0670. The summed E-state index contributed by atoms with van der Waals surface area (Å²) in [5, 5.41) is 19.1. The molecule has 0 atom stereocenters. The Labute approximate surface area is 295 Å². The molecule has 0 saturated heterocycles. The van der Waals surface area contributed by atoms with Crippen molar-refractivity contribution in [3.8, 4) is 11.1 Å². The predicted molar refractivity (Wildman–Crippen MR) is 198 cm³/mol. The van der Waals surface area contributed by atoms with Crippen molar-refractivity contribution in [1.29, 1.82) is 0 Å². The molecule has 14 heteroatoms. The van der Waals surface area contributed by atoms with Crippen LogP contribution in [0.15, 0.2) is 158 Å². The van der Waals surface area contributed by atoms with Gasteiger partial charge in [0, 0.05) is 40.8 Å². The number of benzene rings is 6. The van der Waals surface area contributed by atoms with Crippen molar-refractivity contribution in [2.45, 2.75) is 23.3 Å². The van der Waals surface area contributed by atoms with E-state index in [1.165, 1.54) is 18.2 Å². The van der Waals surface area contributed by atoms with Gasteiger partial charge in [0.15, 0.2) is 0 Å². The highest BCUT2D eigenvalue weighted by Crippen LogP contribution is 2.37. The van der Waals surface area contributed by atoms with E-state index in [0.29, 0.717) is 47.0 Å². The van der Waals surface area contributed by atoms with Gasteiger partial charge >= 0.3 is 0 Å². The van der Waals surface area contributed by atoms with Crippen LogP contribution in [-0.2, 0) is 26.8 Å². The lowest BCUT2D eigenvalue weighted by molar-refractivity contribution is 0.481. The normalized spacial score (nSPS) is 12.2. The maximum atomic E-state index is 12.3. The van der Waals surface area contributed by atoms with Crippen molar-refractivity contribution < 1.29 is 25.9 Å². The summed E-state index contributed by atoms with van der Waals surface area (Å²) in [4.78, 5) is 1.61. The maximum absolute atomic E-state index is 12.3. The summed E-state index contributed by atoms with van der Waals surface area (Å²) in [6.07, 6.45) is 0. The summed E-state index contributed by atoms with van der Waals surface area (Å²) in [5.41, 5.74) is 10.8. The summed E-state index contributed by atoms with van der Waals surface area (Å²) < 4.78 is 67.0. The highest BCUT2D eigenvalue weighted by molar-refractivity contribution is 7.86. The summed E-state index contributed by atoms with van der Waals surface area (Å²) in [5.74, 6) is 0. The molecular weight excluding hydrogens is 689 g/mol. The average molecular weight is 721 g/mol. The predicted octanol–water partition coefficient (Wildman–Crippen LogP) is 9.44. The zero-order valence-corrected chi connectivity index (χ0v) is 28.8. The van der Waals surface area contributed by atoms with Crippen molar-refractivity contribution in [2.24, 2.45) is 20.5 Å². The van der Waals surface area contributed by atoms with Crippen molar-refractivity contribution in [2.75, 3.05) is 17.2 Å². The monoisotopic (exact) mass is 720 g/mol. The van der Waals surface area contributed by atoms with E-state index in [0.717, 1.165) is 22.0 Å². The molecule has 0 unspecified atom stereocenters. The molecule has 0 saturated carbocycles. The molecule has 0 fully saturated rings. The Hall–Kier alpha value is -5.80. The van der Waals surface area contributed by atoms with Crippen molar-refractivity contribution in [3.63, 3.8) is 0 Å². The van der Waals surface area contributed by atoms with Crippen LogP contribution in [-0.4, -0.2) is 32.5 Å². The lowest BCUT2D eigenvalue weighted by Gasteiger charge is -2.23. The molecule has 0 radical (unpaired) electrons. The molecule has 0 amide bonds. The third-order valence-electron chi connectivity index (χ3n) is 8.06. The minimum atomic E-state index is -4.58.